The fourth-order valence-electron chi connectivity index (χ4n) is 5.06. The number of rotatable bonds is 5. The number of hydrogen-bond acceptors (Lipinski definition) is 4. The number of anilines is 1. The van der Waals surface area contributed by atoms with Crippen LogP contribution in [0.5, 0.6) is 0 Å². The smallest absolute Gasteiger partial charge is 0.317 e. The standard InChI is InChI=1S/C29H30N4O3/c1-21-9-8-12-24(17-21)31-16-15-30(18-22(31)2)27(34)20-33-26-14-7-6-13-25(26)32(28(35)29(33)36)19-23-10-4-3-5-11-23/h3-14,17,22H,15-16,18-20H2,1-2H3/t22-/m1/s1. The molecule has 184 valence electrons. The van der Waals surface area contributed by atoms with Crippen LogP contribution < -0.4 is 16.0 Å². The van der Waals surface area contributed by atoms with Gasteiger partial charge in [0, 0.05) is 31.4 Å². The van der Waals surface area contributed by atoms with Crippen LogP contribution in [-0.2, 0) is 17.9 Å². The van der Waals surface area contributed by atoms with E-state index in [1.54, 1.807) is 11.0 Å². The third-order valence-corrected chi connectivity index (χ3v) is 6.93. The third kappa shape index (κ3) is 4.56. The predicted molar refractivity (Wildman–Crippen MR) is 143 cm³/mol. The first kappa shape index (κ1) is 23.6. The molecule has 1 aromatic heterocycles. The summed E-state index contributed by atoms with van der Waals surface area (Å²) in [5, 5.41) is 0. The monoisotopic (exact) mass is 482 g/mol. The van der Waals surface area contributed by atoms with E-state index in [9.17, 15) is 14.4 Å². The van der Waals surface area contributed by atoms with Crippen LogP contribution in [0.25, 0.3) is 11.0 Å². The maximum atomic E-state index is 13.3. The Hall–Kier alpha value is -4.13. The van der Waals surface area contributed by atoms with Gasteiger partial charge in [-0.05, 0) is 49.2 Å². The number of para-hydroxylation sites is 2. The molecule has 0 N–H and O–H groups in total. The first-order valence-electron chi connectivity index (χ1n) is 12.3. The van der Waals surface area contributed by atoms with Gasteiger partial charge in [-0.1, -0.05) is 54.6 Å². The molecule has 3 aromatic carbocycles. The minimum absolute atomic E-state index is 0.136. The zero-order valence-electron chi connectivity index (χ0n) is 20.6. The molecule has 2 heterocycles. The van der Waals surface area contributed by atoms with Crippen LogP contribution in [0.2, 0.25) is 0 Å². The number of hydrogen-bond donors (Lipinski definition) is 0. The van der Waals surface area contributed by atoms with Gasteiger partial charge in [0.2, 0.25) is 5.91 Å². The number of aromatic nitrogens is 2. The van der Waals surface area contributed by atoms with Crippen molar-refractivity contribution in [2.75, 3.05) is 24.5 Å². The maximum Gasteiger partial charge on any atom is 0.317 e. The number of carbonyl (C=O) groups is 1. The number of fused-ring (bicyclic) bond motifs is 1. The van der Waals surface area contributed by atoms with Crippen molar-refractivity contribution in [2.24, 2.45) is 0 Å². The second-order valence-electron chi connectivity index (χ2n) is 9.48. The highest BCUT2D eigenvalue weighted by atomic mass is 16.2. The highest BCUT2D eigenvalue weighted by Crippen LogP contribution is 2.22. The fourth-order valence-corrected chi connectivity index (χ4v) is 5.06. The van der Waals surface area contributed by atoms with Gasteiger partial charge in [-0.3, -0.25) is 23.5 Å². The Morgan fingerprint density at radius 3 is 2.19 bits per heavy atom. The van der Waals surface area contributed by atoms with E-state index in [4.69, 9.17) is 0 Å². The Balaban J connectivity index is 1.40. The summed E-state index contributed by atoms with van der Waals surface area (Å²) in [7, 11) is 0. The van der Waals surface area contributed by atoms with Crippen LogP contribution in [-0.4, -0.2) is 45.6 Å². The Morgan fingerprint density at radius 1 is 0.833 bits per heavy atom. The number of piperazine rings is 1. The van der Waals surface area contributed by atoms with Gasteiger partial charge < -0.3 is 9.80 Å². The quantitative estimate of drug-likeness (QED) is 0.410. The van der Waals surface area contributed by atoms with E-state index in [1.807, 2.05) is 54.6 Å². The summed E-state index contributed by atoms with van der Waals surface area (Å²) in [6.07, 6.45) is 0. The molecule has 4 aromatic rings. The molecule has 1 fully saturated rings. The second kappa shape index (κ2) is 9.85. The van der Waals surface area contributed by atoms with Gasteiger partial charge in [-0.25, -0.2) is 0 Å². The summed E-state index contributed by atoms with van der Waals surface area (Å²) < 4.78 is 2.83. The molecule has 0 spiro atoms. The van der Waals surface area contributed by atoms with Crippen molar-refractivity contribution >= 4 is 22.6 Å². The van der Waals surface area contributed by atoms with E-state index < -0.39 is 11.1 Å². The van der Waals surface area contributed by atoms with Gasteiger partial charge in [0.15, 0.2) is 0 Å². The van der Waals surface area contributed by atoms with Crippen LogP contribution >= 0.6 is 0 Å². The zero-order valence-corrected chi connectivity index (χ0v) is 20.6. The van der Waals surface area contributed by atoms with E-state index in [1.165, 1.54) is 14.7 Å². The van der Waals surface area contributed by atoms with Crippen molar-refractivity contribution in [2.45, 2.75) is 33.0 Å². The molecule has 5 rings (SSSR count). The molecule has 0 saturated carbocycles. The van der Waals surface area contributed by atoms with Gasteiger partial charge in [0.05, 0.1) is 17.6 Å². The summed E-state index contributed by atoms with van der Waals surface area (Å²) in [5.41, 5.74) is 3.20. The summed E-state index contributed by atoms with van der Waals surface area (Å²) in [6.45, 7) is 6.16. The second-order valence-corrected chi connectivity index (χ2v) is 9.48. The van der Waals surface area contributed by atoms with Crippen LogP contribution in [0.3, 0.4) is 0 Å². The minimum atomic E-state index is -0.676. The lowest BCUT2D eigenvalue weighted by Gasteiger charge is -2.41. The van der Waals surface area contributed by atoms with Gasteiger partial charge >= 0.3 is 11.1 Å². The Bertz CT molecular complexity index is 1520. The number of benzene rings is 3. The summed E-state index contributed by atoms with van der Waals surface area (Å²) >= 11 is 0. The average molecular weight is 483 g/mol. The highest BCUT2D eigenvalue weighted by molar-refractivity contribution is 5.80. The SMILES string of the molecule is Cc1cccc(N2CCN(C(=O)Cn3c(=O)c(=O)n(Cc4ccccc4)c4ccccc43)C[C@H]2C)c1. The van der Waals surface area contributed by atoms with E-state index in [2.05, 4.69) is 36.9 Å². The van der Waals surface area contributed by atoms with Crippen molar-refractivity contribution in [3.8, 4) is 0 Å². The molecule has 1 aliphatic heterocycles. The molecule has 0 bridgehead atoms. The van der Waals surface area contributed by atoms with Gasteiger partial charge in [-0.15, -0.1) is 0 Å². The maximum absolute atomic E-state index is 13.3. The normalized spacial score (nSPS) is 15.9. The van der Waals surface area contributed by atoms with Gasteiger partial charge in [0.1, 0.15) is 6.54 Å². The van der Waals surface area contributed by atoms with Crippen molar-refractivity contribution in [3.05, 3.63) is 111 Å². The van der Waals surface area contributed by atoms with Crippen LogP contribution in [0.1, 0.15) is 18.1 Å². The summed E-state index contributed by atoms with van der Waals surface area (Å²) in [5.74, 6) is -0.154. The molecule has 1 amide bonds. The summed E-state index contributed by atoms with van der Waals surface area (Å²) in [4.78, 5) is 43.8. The summed E-state index contributed by atoms with van der Waals surface area (Å²) in [6, 6.07) is 25.4. The van der Waals surface area contributed by atoms with Crippen molar-refractivity contribution in [3.63, 3.8) is 0 Å². The molecule has 36 heavy (non-hydrogen) atoms. The molecule has 1 saturated heterocycles. The Kier molecular flexibility index (Phi) is 6.46. The lowest BCUT2D eigenvalue weighted by Crippen LogP contribution is -2.55. The van der Waals surface area contributed by atoms with Gasteiger partial charge in [-0.2, -0.15) is 0 Å². The lowest BCUT2D eigenvalue weighted by molar-refractivity contribution is -0.132. The molecule has 7 heteroatoms. The van der Waals surface area contributed by atoms with E-state index in [0.29, 0.717) is 37.2 Å². The molecular formula is C29H30N4O3. The van der Waals surface area contributed by atoms with E-state index in [-0.39, 0.29) is 18.5 Å². The first-order chi connectivity index (χ1) is 17.4. The van der Waals surface area contributed by atoms with Crippen LogP contribution in [0.15, 0.2) is 88.5 Å². The lowest BCUT2D eigenvalue weighted by atomic mass is 10.1. The number of aryl methyl sites for hydroxylation is 1. The van der Waals surface area contributed by atoms with Crippen molar-refractivity contribution < 1.29 is 4.79 Å². The van der Waals surface area contributed by atoms with Crippen LogP contribution in [0, 0.1) is 6.92 Å². The third-order valence-electron chi connectivity index (χ3n) is 6.93. The molecule has 0 aliphatic carbocycles. The van der Waals surface area contributed by atoms with Crippen LogP contribution in [0.4, 0.5) is 5.69 Å². The first-order valence-corrected chi connectivity index (χ1v) is 12.3. The number of nitrogens with zero attached hydrogens (tertiary/aromatic N) is 4. The molecular weight excluding hydrogens is 452 g/mol. The van der Waals surface area contributed by atoms with E-state index >= 15 is 0 Å². The zero-order chi connectivity index (χ0) is 25.2. The largest absolute Gasteiger partial charge is 0.365 e. The molecule has 1 atom stereocenters. The Morgan fingerprint density at radius 2 is 1.50 bits per heavy atom. The Labute approximate surface area is 209 Å². The fraction of sp³-hybridized carbons (Fsp3) is 0.276. The average Bonchev–Trinajstić information content (AvgIpc) is 2.89. The van der Waals surface area contributed by atoms with Crippen molar-refractivity contribution in [1.29, 1.82) is 0 Å². The highest BCUT2D eigenvalue weighted by Gasteiger charge is 2.28. The molecule has 0 radical (unpaired) electrons. The van der Waals surface area contributed by atoms with E-state index in [0.717, 1.165) is 11.3 Å². The number of amides is 1. The molecule has 7 nitrogen and oxygen atoms in total. The predicted octanol–water partition coefficient (Wildman–Crippen LogP) is 3.26. The topological polar surface area (TPSA) is 67.5 Å². The minimum Gasteiger partial charge on any atom is -0.365 e. The van der Waals surface area contributed by atoms with Gasteiger partial charge in [0.25, 0.3) is 0 Å². The van der Waals surface area contributed by atoms with Crippen molar-refractivity contribution in [1.82, 2.24) is 14.0 Å². The molecule has 1 aliphatic rings. The molecule has 0 unspecified atom stereocenters. The number of carbonyl (C=O) groups excluding carboxylic acids is 1.